The molecular formula is C21H25N5O2S. The van der Waals surface area contributed by atoms with E-state index in [-0.39, 0.29) is 10.8 Å². The van der Waals surface area contributed by atoms with Crippen molar-refractivity contribution in [1.82, 2.24) is 19.9 Å². The molecular weight excluding hydrogens is 386 g/mol. The van der Waals surface area contributed by atoms with Crippen LogP contribution in [0.25, 0.3) is 11.0 Å². The van der Waals surface area contributed by atoms with Gasteiger partial charge < -0.3 is 0 Å². The summed E-state index contributed by atoms with van der Waals surface area (Å²) in [5.41, 5.74) is 2.61. The Morgan fingerprint density at radius 1 is 1.03 bits per heavy atom. The summed E-state index contributed by atoms with van der Waals surface area (Å²) in [5.74, 6) is 0.296. The summed E-state index contributed by atoms with van der Waals surface area (Å²) < 4.78 is 27.3. The standard InChI is InChI=1S/C21H25N5O2S/c1-17-9-11-18(12-10-17)29(27,28)16-22-21(15-25-13-5-2-6-14-25)26-20-8-4-3-7-19(20)23-24-26/h3-4,7-12H,2,5-6,13-16H2,1H3. The molecule has 1 aliphatic rings. The summed E-state index contributed by atoms with van der Waals surface area (Å²) in [6, 6.07) is 14.5. The molecule has 0 N–H and O–H groups in total. The van der Waals surface area contributed by atoms with Crippen molar-refractivity contribution >= 4 is 26.7 Å². The molecule has 1 aromatic heterocycles. The predicted octanol–water partition coefficient (Wildman–Crippen LogP) is 2.90. The molecule has 2 heterocycles. The molecule has 0 amide bonds. The van der Waals surface area contributed by atoms with Crippen LogP contribution in [0.15, 0.2) is 58.4 Å². The van der Waals surface area contributed by atoms with E-state index >= 15 is 0 Å². The fourth-order valence-electron chi connectivity index (χ4n) is 3.54. The van der Waals surface area contributed by atoms with E-state index in [4.69, 9.17) is 0 Å². The van der Waals surface area contributed by atoms with Gasteiger partial charge in [-0.15, -0.1) is 5.10 Å². The van der Waals surface area contributed by atoms with Crippen LogP contribution in [0.4, 0.5) is 0 Å². The molecule has 0 bridgehead atoms. The van der Waals surface area contributed by atoms with E-state index in [1.165, 1.54) is 6.42 Å². The lowest BCUT2D eigenvalue weighted by Crippen LogP contribution is -2.37. The van der Waals surface area contributed by atoms with Crippen LogP contribution < -0.4 is 0 Å². The minimum Gasteiger partial charge on any atom is -0.296 e. The highest BCUT2D eigenvalue weighted by Gasteiger charge is 2.19. The van der Waals surface area contributed by atoms with Crippen molar-refractivity contribution in [3.8, 4) is 0 Å². The number of aryl methyl sites for hydroxylation is 1. The molecule has 0 unspecified atom stereocenters. The third kappa shape index (κ3) is 4.54. The highest BCUT2D eigenvalue weighted by atomic mass is 32.2. The van der Waals surface area contributed by atoms with Gasteiger partial charge in [0, 0.05) is 0 Å². The number of nitrogens with zero attached hydrogens (tertiary/aromatic N) is 5. The number of benzene rings is 2. The Bertz CT molecular complexity index is 1110. The van der Waals surface area contributed by atoms with Crippen molar-refractivity contribution < 1.29 is 8.42 Å². The number of sulfone groups is 1. The van der Waals surface area contributed by atoms with Crippen LogP contribution >= 0.6 is 0 Å². The monoisotopic (exact) mass is 411 g/mol. The molecule has 0 saturated carbocycles. The van der Waals surface area contributed by atoms with Gasteiger partial charge in [0.1, 0.15) is 17.2 Å². The quantitative estimate of drug-likeness (QED) is 0.476. The minimum absolute atomic E-state index is 0.285. The molecule has 152 valence electrons. The van der Waals surface area contributed by atoms with Gasteiger partial charge in [0.2, 0.25) is 0 Å². The summed E-state index contributed by atoms with van der Waals surface area (Å²) in [7, 11) is -3.52. The van der Waals surface area contributed by atoms with Gasteiger partial charge in [-0.25, -0.2) is 8.42 Å². The first-order valence-corrected chi connectivity index (χ1v) is 11.5. The van der Waals surface area contributed by atoms with Crippen molar-refractivity contribution in [2.45, 2.75) is 31.1 Å². The van der Waals surface area contributed by atoms with Crippen LogP contribution in [-0.2, 0) is 9.84 Å². The molecule has 2 aromatic carbocycles. The molecule has 0 radical (unpaired) electrons. The first-order chi connectivity index (χ1) is 14.0. The lowest BCUT2D eigenvalue weighted by molar-refractivity contribution is 0.256. The lowest BCUT2D eigenvalue weighted by Gasteiger charge is -2.26. The molecule has 8 heteroatoms. The van der Waals surface area contributed by atoms with Crippen LogP contribution in [0.2, 0.25) is 0 Å². The van der Waals surface area contributed by atoms with Gasteiger partial charge in [0.15, 0.2) is 9.84 Å². The van der Waals surface area contributed by atoms with E-state index in [0.29, 0.717) is 12.4 Å². The highest BCUT2D eigenvalue weighted by Crippen LogP contribution is 2.15. The van der Waals surface area contributed by atoms with Crippen LogP contribution in [-0.4, -0.2) is 59.7 Å². The van der Waals surface area contributed by atoms with Crippen LogP contribution in [0.5, 0.6) is 0 Å². The Hall–Kier alpha value is -2.58. The van der Waals surface area contributed by atoms with Crippen molar-refractivity contribution in [1.29, 1.82) is 0 Å². The molecule has 1 fully saturated rings. The second-order valence-corrected chi connectivity index (χ2v) is 9.42. The average molecular weight is 412 g/mol. The van der Waals surface area contributed by atoms with Crippen molar-refractivity contribution in [3.05, 3.63) is 54.1 Å². The van der Waals surface area contributed by atoms with Crippen molar-refractivity contribution in [2.24, 2.45) is 4.99 Å². The zero-order valence-corrected chi connectivity index (χ0v) is 17.3. The Kier molecular flexibility index (Phi) is 5.73. The molecule has 0 spiro atoms. The van der Waals surface area contributed by atoms with Gasteiger partial charge >= 0.3 is 0 Å². The van der Waals surface area contributed by atoms with Crippen LogP contribution in [0, 0.1) is 6.92 Å². The van der Waals surface area contributed by atoms with Gasteiger partial charge in [-0.1, -0.05) is 41.5 Å². The number of piperidine rings is 1. The Labute approximate surface area is 171 Å². The number of para-hydroxylation sites is 1. The maximum Gasteiger partial charge on any atom is 0.198 e. The number of aliphatic imine (C=N–C) groups is 1. The molecule has 0 aliphatic carbocycles. The first-order valence-electron chi connectivity index (χ1n) is 9.89. The number of likely N-dealkylation sites (tertiary alicyclic amines) is 1. The zero-order valence-electron chi connectivity index (χ0n) is 16.5. The van der Waals surface area contributed by atoms with Gasteiger partial charge in [-0.3, -0.25) is 9.89 Å². The number of fused-ring (bicyclic) bond motifs is 1. The lowest BCUT2D eigenvalue weighted by atomic mass is 10.1. The van der Waals surface area contributed by atoms with Crippen molar-refractivity contribution in [2.75, 3.05) is 25.5 Å². The number of hydrogen-bond donors (Lipinski definition) is 0. The summed E-state index contributed by atoms with van der Waals surface area (Å²) in [6.07, 6.45) is 3.52. The maximum absolute atomic E-state index is 12.8. The molecule has 1 saturated heterocycles. The number of rotatable bonds is 5. The largest absolute Gasteiger partial charge is 0.296 e. The maximum atomic E-state index is 12.8. The second kappa shape index (κ2) is 8.42. The van der Waals surface area contributed by atoms with Gasteiger partial charge in [-0.2, -0.15) is 4.68 Å². The van der Waals surface area contributed by atoms with E-state index in [9.17, 15) is 8.42 Å². The third-order valence-corrected chi connectivity index (χ3v) is 6.67. The second-order valence-electron chi connectivity index (χ2n) is 7.46. The zero-order chi connectivity index (χ0) is 20.3. The van der Waals surface area contributed by atoms with E-state index in [1.807, 2.05) is 31.2 Å². The number of hydrogen-bond acceptors (Lipinski definition) is 6. The molecule has 1 aliphatic heterocycles. The summed E-state index contributed by atoms with van der Waals surface area (Å²) >= 11 is 0. The van der Waals surface area contributed by atoms with E-state index in [1.54, 1.807) is 28.9 Å². The molecule has 4 rings (SSSR count). The molecule has 7 nitrogen and oxygen atoms in total. The van der Waals surface area contributed by atoms with Gasteiger partial charge in [0.05, 0.1) is 17.0 Å². The summed E-state index contributed by atoms with van der Waals surface area (Å²) in [4.78, 5) is 7.12. The normalized spacial score (nSPS) is 16.4. The Balaban J connectivity index is 1.66. The average Bonchev–Trinajstić information content (AvgIpc) is 3.16. The van der Waals surface area contributed by atoms with E-state index in [0.717, 1.165) is 42.5 Å². The SMILES string of the molecule is Cc1ccc(S(=O)(=O)CN=C(CN2CCCCC2)n2nnc3ccccc32)cc1. The Morgan fingerprint density at radius 2 is 1.76 bits per heavy atom. The van der Waals surface area contributed by atoms with Crippen molar-refractivity contribution in [3.63, 3.8) is 0 Å². The van der Waals surface area contributed by atoms with Gasteiger partial charge in [-0.05, 0) is 57.1 Å². The summed E-state index contributed by atoms with van der Waals surface area (Å²) in [6.45, 7) is 4.45. The highest BCUT2D eigenvalue weighted by molar-refractivity contribution is 7.91. The molecule has 29 heavy (non-hydrogen) atoms. The summed E-state index contributed by atoms with van der Waals surface area (Å²) in [5, 5.41) is 8.47. The molecule has 3 aromatic rings. The smallest absolute Gasteiger partial charge is 0.198 e. The minimum atomic E-state index is -3.52. The van der Waals surface area contributed by atoms with Crippen LogP contribution in [0.1, 0.15) is 24.8 Å². The fraction of sp³-hybridized carbons (Fsp3) is 0.381. The van der Waals surface area contributed by atoms with E-state index in [2.05, 4.69) is 20.2 Å². The Morgan fingerprint density at radius 3 is 2.52 bits per heavy atom. The van der Waals surface area contributed by atoms with Gasteiger partial charge in [0.25, 0.3) is 0 Å². The first kappa shape index (κ1) is 19.7. The molecule has 0 atom stereocenters. The third-order valence-electron chi connectivity index (χ3n) is 5.21. The fourth-order valence-corrected chi connectivity index (χ4v) is 4.56. The predicted molar refractivity (Wildman–Crippen MR) is 114 cm³/mol. The van der Waals surface area contributed by atoms with E-state index < -0.39 is 9.84 Å². The number of aromatic nitrogens is 3. The van der Waals surface area contributed by atoms with Crippen LogP contribution in [0.3, 0.4) is 0 Å². The topological polar surface area (TPSA) is 80.5 Å².